The molecule has 2 saturated heterocycles. The van der Waals surface area contributed by atoms with E-state index in [-0.39, 0.29) is 11.5 Å². The van der Waals surface area contributed by atoms with Gasteiger partial charge in [0.05, 0.1) is 17.5 Å². The van der Waals surface area contributed by atoms with Crippen molar-refractivity contribution in [3.63, 3.8) is 0 Å². The molecule has 0 amide bonds. The van der Waals surface area contributed by atoms with Crippen molar-refractivity contribution < 1.29 is 14.0 Å². The van der Waals surface area contributed by atoms with Crippen LogP contribution < -0.4 is 5.59 Å². The summed E-state index contributed by atoms with van der Waals surface area (Å²) in [6.45, 7) is 6.40. The summed E-state index contributed by atoms with van der Waals surface area (Å²) in [5, 5.41) is 0. The molecular formula is C14H21BN2O3. The van der Waals surface area contributed by atoms with Gasteiger partial charge in [0.25, 0.3) is 0 Å². The lowest BCUT2D eigenvalue weighted by Gasteiger charge is -2.32. The molecule has 5 nitrogen and oxygen atoms in total. The smallest absolute Gasteiger partial charge is 0.406 e. The van der Waals surface area contributed by atoms with Crippen molar-refractivity contribution in [3.8, 4) is 0 Å². The average Bonchev–Trinajstić information content (AvgIpc) is 2.48. The second kappa shape index (κ2) is 5.80. The molecule has 0 aliphatic carbocycles. The van der Waals surface area contributed by atoms with E-state index in [9.17, 15) is 0 Å². The molecule has 0 bridgehead atoms. The van der Waals surface area contributed by atoms with E-state index in [0.717, 1.165) is 30.7 Å². The third-order valence-corrected chi connectivity index (χ3v) is 3.67. The van der Waals surface area contributed by atoms with Crippen molar-refractivity contribution in [2.45, 2.75) is 39.2 Å². The molecule has 108 valence electrons. The van der Waals surface area contributed by atoms with Gasteiger partial charge in [-0.3, -0.25) is 9.97 Å². The molecule has 1 aromatic heterocycles. The fourth-order valence-electron chi connectivity index (χ4n) is 2.50. The first-order valence-corrected chi connectivity index (χ1v) is 7.31. The van der Waals surface area contributed by atoms with E-state index >= 15 is 0 Å². The first-order chi connectivity index (χ1) is 9.64. The molecule has 6 heteroatoms. The lowest BCUT2D eigenvalue weighted by molar-refractivity contribution is 0.0119. The summed E-state index contributed by atoms with van der Waals surface area (Å²) >= 11 is 0. The van der Waals surface area contributed by atoms with Gasteiger partial charge in [-0.05, 0) is 19.3 Å². The van der Waals surface area contributed by atoms with E-state index in [2.05, 4.69) is 23.8 Å². The number of aromatic nitrogens is 2. The molecule has 0 radical (unpaired) electrons. The summed E-state index contributed by atoms with van der Waals surface area (Å²) in [7, 11) is -0.404. The number of hydrogen-bond acceptors (Lipinski definition) is 5. The van der Waals surface area contributed by atoms with E-state index in [0.29, 0.717) is 13.2 Å². The molecule has 0 spiro atoms. The molecule has 2 aliphatic heterocycles. The highest BCUT2D eigenvalue weighted by Gasteiger charge is 2.35. The maximum atomic E-state index is 5.76. The Bertz CT molecular complexity index is 453. The Balaban J connectivity index is 1.71. The third kappa shape index (κ3) is 3.19. The minimum Gasteiger partial charge on any atom is -0.406 e. The van der Waals surface area contributed by atoms with Gasteiger partial charge in [0.15, 0.2) is 0 Å². The van der Waals surface area contributed by atoms with Gasteiger partial charge in [-0.2, -0.15) is 0 Å². The minimum atomic E-state index is -0.404. The van der Waals surface area contributed by atoms with E-state index in [1.165, 1.54) is 6.42 Å². The molecule has 0 N–H and O–H groups in total. The monoisotopic (exact) mass is 276 g/mol. The molecule has 1 unspecified atom stereocenters. The Labute approximate surface area is 120 Å². The molecule has 2 fully saturated rings. The SMILES string of the molecule is CC1(C)COB(c2cncc(C3CCCCO3)n2)OC1. The fourth-order valence-corrected chi connectivity index (χ4v) is 2.50. The maximum absolute atomic E-state index is 5.76. The summed E-state index contributed by atoms with van der Waals surface area (Å²) in [5.74, 6) is 0. The number of rotatable bonds is 2. The second-order valence-electron chi connectivity index (χ2n) is 6.34. The fraction of sp³-hybridized carbons (Fsp3) is 0.714. The van der Waals surface area contributed by atoms with E-state index < -0.39 is 7.12 Å². The first-order valence-electron chi connectivity index (χ1n) is 7.31. The molecular weight excluding hydrogens is 255 g/mol. The van der Waals surface area contributed by atoms with Crippen molar-refractivity contribution in [2.75, 3.05) is 19.8 Å². The quantitative estimate of drug-likeness (QED) is 0.766. The van der Waals surface area contributed by atoms with Crippen LogP contribution in [0.4, 0.5) is 0 Å². The zero-order valence-corrected chi connectivity index (χ0v) is 12.2. The maximum Gasteiger partial charge on any atom is 0.515 e. The van der Waals surface area contributed by atoms with Gasteiger partial charge in [0, 0.05) is 31.4 Å². The van der Waals surface area contributed by atoms with Crippen molar-refractivity contribution >= 4 is 12.7 Å². The molecule has 3 rings (SSSR count). The predicted octanol–water partition coefficient (Wildman–Crippen LogP) is 1.49. The van der Waals surface area contributed by atoms with Crippen LogP contribution >= 0.6 is 0 Å². The van der Waals surface area contributed by atoms with Crippen LogP contribution in [0.15, 0.2) is 12.4 Å². The average molecular weight is 276 g/mol. The van der Waals surface area contributed by atoms with Gasteiger partial charge in [0.2, 0.25) is 0 Å². The van der Waals surface area contributed by atoms with E-state index in [1.807, 2.05) is 0 Å². The molecule has 1 atom stereocenters. The van der Waals surface area contributed by atoms with Crippen molar-refractivity contribution in [1.82, 2.24) is 9.97 Å². The Morgan fingerprint density at radius 2 is 2.00 bits per heavy atom. The van der Waals surface area contributed by atoms with Gasteiger partial charge >= 0.3 is 7.12 Å². The summed E-state index contributed by atoms with van der Waals surface area (Å²) in [4.78, 5) is 8.90. The van der Waals surface area contributed by atoms with Gasteiger partial charge in [-0.1, -0.05) is 13.8 Å². The van der Waals surface area contributed by atoms with Crippen LogP contribution in [0, 0.1) is 5.41 Å². The normalized spacial score (nSPS) is 26.5. The van der Waals surface area contributed by atoms with E-state index in [1.54, 1.807) is 12.4 Å². The molecule has 0 saturated carbocycles. The lowest BCUT2D eigenvalue weighted by Crippen LogP contribution is -2.48. The Kier molecular flexibility index (Phi) is 4.05. The molecule has 1 aromatic rings. The molecule has 0 aromatic carbocycles. The number of nitrogens with zero attached hydrogens (tertiary/aromatic N) is 2. The van der Waals surface area contributed by atoms with Gasteiger partial charge < -0.3 is 14.0 Å². The summed E-state index contributed by atoms with van der Waals surface area (Å²) in [6.07, 6.45) is 6.89. The highest BCUT2D eigenvalue weighted by molar-refractivity contribution is 6.60. The Morgan fingerprint density at radius 3 is 2.70 bits per heavy atom. The third-order valence-electron chi connectivity index (χ3n) is 3.67. The topological polar surface area (TPSA) is 53.5 Å². The minimum absolute atomic E-state index is 0.0635. The molecule has 20 heavy (non-hydrogen) atoms. The van der Waals surface area contributed by atoms with Crippen LogP contribution in [0.3, 0.4) is 0 Å². The second-order valence-corrected chi connectivity index (χ2v) is 6.34. The Morgan fingerprint density at radius 1 is 1.20 bits per heavy atom. The van der Waals surface area contributed by atoms with Crippen molar-refractivity contribution in [2.24, 2.45) is 5.41 Å². The largest absolute Gasteiger partial charge is 0.515 e. The van der Waals surface area contributed by atoms with Crippen molar-refractivity contribution in [1.29, 1.82) is 0 Å². The van der Waals surface area contributed by atoms with Crippen LogP contribution in [0.1, 0.15) is 44.9 Å². The summed E-state index contributed by atoms with van der Waals surface area (Å²) in [5.41, 5.74) is 1.69. The first kappa shape index (κ1) is 14.0. The Hall–Kier alpha value is -0.975. The van der Waals surface area contributed by atoms with Crippen LogP contribution in [-0.4, -0.2) is 36.9 Å². The lowest BCUT2D eigenvalue weighted by atomic mass is 9.80. The number of ether oxygens (including phenoxy) is 1. The van der Waals surface area contributed by atoms with Crippen LogP contribution in [-0.2, 0) is 14.0 Å². The van der Waals surface area contributed by atoms with Gasteiger partial charge in [-0.25, -0.2) is 0 Å². The van der Waals surface area contributed by atoms with E-state index in [4.69, 9.17) is 14.0 Å². The zero-order valence-electron chi connectivity index (χ0n) is 12.2. The van der Waals surface area contributed by atoms with Crippen LogP contribution in [0.2, 0.25) is 0 Å². The van der Waals surface area contributed by atoms with Crippen LogP contribution in [0.5, 0.6) is 0 Å². The molecule has 3 heterocycles. The highest BCUT2D eigenvalue weighted by Crippen LogP contribution is 2.25. The van der Waals surface area contributed by atoms with Crippen molar-refractivity contribution in [3.05, 3.63) is 18.1 Å². The van der Waals surface area contributed by atoms with Crippen LogP contribution in [0.25, 0.3) is 0 Å². The van der Waals surface area contributed by atoms with Gasteiger partial charge in [0.1, 0.15) is 6.10 Å². The summed E-state index contributed by atoms with van der Waals surface area (Å²) < 4.78 is 17.3. The zero-order chi connectivity index (χ0) is 14.0. The number of hydrogen-bond donors (Lipinski definition) is 0. The standard InChI is InChI=1S/C14H21BN2O3/c1-14(2)9-19-15(20-10-14)13-8-16-7-11(17-13)12-5-3-4-6-18-12/h7-8,12H,3-6,9-10H2,1-2H3. The highest BCUT2D eigenvalue weighted by atomic mass is 16.6. The molecule has 2 aliphatic rings. The summed E-state index contributed by atoms with van der Waals surface area (Å²) in [6, 6.07) is 0. The predicted molar refractivity (Wildman–Crippen MR) is 75.6 cm³/mol. The van der Waals surface area contributed by atoms with Gasteiger partial charge in [-0.15, -0.1) is 0 Å².